The Hall–Kier alpha value is -1.84. The van der Waals surface area contributed by atoms with Gasteiger partial charge in [-0.25, -0.2) is 4.79 Å². The molecule has 0 heterocycles. The minimum absolute atomic E-state index is 0.183. The number of anilines is 2. The van der Waals surface area contributed by atoms with Crippen molar-refractivity contribution in [1.29, 1.82) is 5.26 Å². The van der Waals surface area contributed by atoms with Crippen molar-refractivity contribution in [3.05, 3.63) is 56.5 Å². The first-order valence-corrected chi connectivity index (χ1v) is 7.09. The number of benzene rings is 2. The highest BCUT2D eigenvalue weighted by Gasteiger charge is 2.09. The average molecular weight is 396 g/mol. The Morgan fingerprint density at radius 1 is 1.10 bits per heavy atom. The summed E-state index contributed by atoms with van der Waals surface area (Å²) in [5.74, 6) is -0.999. The van der Waals surface area contributed by atoms with E-state index in [9.17, 15) is 4.79 Å². The predicted octanol–water partition coefficient (Wildman–Crippen LogP) is 4.53. The van der Waals surface area contributed by atoms with Gasteiger partial charge < -0.3 is 10.4 Å². The monoisotopic (exact) mass is 394 g/mol. The van der Waals surface area contributed by atoms with E-state index in [2.05, 4.69) is 43.2 Å². The van der Waals surface area contributed by atoms with Crippen LogP contribution in [-0.4, -0.2) is 11.1 Å². The molecule has 2 rings (SSSR count). The maximum absolute atomic E-state index is 11.1. The number of aromatic carboxylic acids is 1. The number of hydrogen-bond donors (Lipinski definition) is 2. The Morgan fingerprint density at radius 3 is 2.35 bits per heavy atom. The largest absolute Gasteiger partial charge is 0.478 e. The summed E-state index contributed by atoms with van der Waals surface area (Å²) in [6.07, 6.45) is 0. The minimum Gasteiger partial charge on any atom is -0.478 e. The van der Waals surface area contributed by atoms with Crippen molar-refractivity contribution in [3.8, 4) is 6.07 Å². The summed E-state index contributed by atoms with van der Waals surface area (Å²) in [6, 6.07) is 12.2. The number of nitriles is 1. The van der Waals surface area contributed by atoms with Gasteiger partial charge in [0.2, 0.25) is 0 Å². The number of nitrogens with zero attached hydrogens (tertiary/aromatic N) is 1. The molecule has 0 atom stereocenters. The van der Waals surface area contributed by atoms with E-state index in [0.717, 1.165) is 5.69 Å². The summed E-state index contributed by atoms with van der Waals surface area (Å²) in [4.78, 5) is 11.1. The first-order valence-electron chi connectivity index (χ1n) is 5.51. The van der Waals surface area contributed by atoms with Crippen LogP contribution in [0.1, 0.15) is 15.9 Å². The summed E-state index contributed by atoms with van der Waals surface area (Å²) in [6.45, 7) is 0. The van der Waals surface area contributed by atoms with Crippen molar-refractivity contribution in [2.24, 2.45) is 0 Å². The van der Waals surface area contributed by atoms with Crippen LogP contribution >= 0.6 is 31.9 Å². The summed E-state index contributed by atoms with van der Waals surface area (Å²) in [7, 11) is 0. The zero-order chi connectivity index (χ0) is 14.7. The molecular weight excluding hydrogens is 388 g/mol. The Balaban J connectivity index is 2.31. The zero-order valence-electron chi connectivity index (χ0n) is 10.0. The number of nitrogens with one attached hydrogen (secondary N) is 1. The average Bonchev–Trinajstić information content (AvgIpc) is 2.41. The number of hydrogen-bond acceptors (Lipinski definition) is 3. The van der Waals surface area contributed by atoms with Crippen LogP contribution in [-0.2, 0) is 0 Å². The Bertz CT molecular complexity index is 724. The van der Waals surface area contributed by atoms with Crippen molar-refractivity contribution in [1.82, 2.24) is 0 Å². The van der Waals surface area contributed by atoms with Crippen molar-refractivity contribution >= 4 is 49.2 Å². The molecule has 2 aromatic carbocycles. The SMILES string of the molecule is N#Cc1ccc(Nc2ccc(Br)c(C(=O)O)c2)cc1Br. The maximum atomic E-state index is 11.1. The molecule has 0 amide bonds. The molecule has 0 radical (unpaired) electrons. The second kappa shape index (κ2) is 6.07. The molecule has 0 aromatic heterocycles. The highest BCUT2D eigenvalue weighted by Crippen LogP contribution is 2.26. The van der Waals surface area contributed by atoms with Crippen molar-refractivity contribution in [2.75, 3.05) is 5.32 Å². The molecule has 2 N–H and O–H groups in total. The fourth-order valence-corrected chi connectivity index (χ4v) is 2.50. The normalized spacial score (nSPS) is 9.85. The lowest BCUT2D eigenvalue weighted by Crippen LogP contribution is -1.99. The second-order valence-electron chi connectivity index (χ2n) is 3.93. The van der Waals surface area contributed by atoms with Crippen molar-refractivity contribution in [2.45, 2.75) is 0 Å². The molecule has 100 valence electrons. The predicted molar refractivity (Wildman–Crippen MR) is 83.2 cm³/mol. The van der Waals surface area contributed by atoms with E-state index in [1.807, 2.05) is 0 Å². The van der Waals surface area contributed by atoms with Crippen molar-refractivity contribution in [3.63, 3.8) is 0 Å². The quantitative estimate of drug-likeness (QED) is 0.800. The number of carbonyl (C=O) groups is 1. The summed E-state index contributed by atoms with van der Waals surface area (Å²) < 4.78 is 1.21. The molecule has 0 spiro atoms. The van der Waals surface area contributed by atoms with Crippen LogP contribution in [0.3, 0.4) is 0 Å². The highest BCUT2D eigenvalue weighted by molar-refractivity contribution is 9.10. The fraction of sp³-hybridized carbons (Fsp3) is 0. The molecular formula is C14H8Br2N2O2. The molecule has 0 aliphatic rings. The second-order valence-corrected chi connectivity index (χ2v) is 5.64. The first kappa shape index (κ1) is 14.6. The minimum atomic E-state index is -0.999. The number of rotatable bonds is 3. The van der Waals surface area contributed by atoms with E-state index in [1.165, 1.54) is 0 Å². The Morgan fingerprint density at radius 2 is 1.75 bits per heavy atom. The summed E-state index contributed by atoms with van der Waals surface area (Å²) in [5.41, 5.74) is 2.14. The fourth-order valence-electron chi connectivity index (χ4n) is 1.62. The van der Waals surface area contributed by atoms with Gasteiger partial charge in [-0.3, -0.25) is 0 Å². The molecule has 0 bridgehead atoms. The molecule has 6 heteroatoms. The van der Waals surface area contributed by atoms with Gasteiger partial charge in [0.15, 0.2) is 0 Å². The van der Waals surface area contributed by atoms with Crippen LogP contribution in [0, 0.1) is 11.3 Å². The highest BCUT2D eigenvalue weighted by atomic mass is 79.9. The first-order chi connectivity index (χ1) is 9.51. The number of carboxylic acids is 1. The summed E-state index contributed by atoms with van der Waals surface area (Å²) in [5, 5.41) is 21.0. The third-order valence-corrected chi connectivity index (χ3v) is 3.92. The van der Waals surface area contributed by atoms with E-state index in [0.29, 0.717) is 20.2 Å². The van der Waals surface area contributed by atoms with Crippen LogP contribution < -0.4 is 5.32 Å². The third-order valence-electron chi connectivity index (χ3n) is 2.57. The van der Waals surface area contributed by atoms with Crippen LogP contribution in [0.4, 0.5) is 11.4 Å². The van der Waals surface area contributed by atoms with Crippen LogP contribution in [0.5, 0.6) is 0 Å². The van der Waals surface area contributed by atoms with Gasteiger partial charge in [0.1, 0.15) is 6.07 Å². The molecule has 20 heavy (non-hydrogen) atoms. The topological polar surface area (TPSA) is 73.1 Å². The van der Waals surface area contributed by atoms with Crippen LogP contribution in [0.2, 0.25) is 0 Å². The van der Waals surface area contributed by atoms with Gasteiger partial charge in [-0.05, 0) is 68.3 Å². The molecule has 4 nitrogen and oxygen atoms in total. The van der Waals surface area contributed by atoms with Gasteiger partial charge >= 0.3 is 5.97 Å². The molecule has 0 fully saturated rings. The molecule has 0 aliphatic carbocycles. The lowest BCUT2D eigenvalue weighted by Gasteiger charge is -2.09. The van der Waals surface area contributed by atoms with E-state index >= 15 is 0 Å². The third kappa shape index (κ3) is 3.18. The van der Waals surface area contributed by atoms with Crippen molar-refractivity contribution < 1.29 is 9.90 Å². The van der Waals surface area contributed by atoms with Crippen LogP contribution in [0.25, 0.3) is 0 Å². The van der Waals surface area contributed by atoms with Gasteiger partial charge in [0, 0.05) is 20.3 Å². The lowest BCUT2D eigenvalue weighted by molar-refractivity contribution is 0.0696. The maximum Gasteiger partial charge on any atom is 0.336 e. The molecule has 0 unspecified atom stereocenters. The van der Waals surface area contributed by atoms with E-state index in [1.54, 1.807) is 36.4 Å². The smallest absolute Gasteiger partial charge is 0.336 e. The lowest BCUT2D eigenvalue weighted by atomic mass is 10.2. The standard InChI is InChI=1S/C14H8Br2N2O2/c15-12-4-3-9(5-11(12)14(19)20)18-10-2-1-8(7-17)13(16)6-10/h1-6,18H,(H,19,20). The van der Waals surface area contributed by atoms with E-state index < -0.39 is 5.97 Å². The van der Waals surface area contributed by atoms with Crippen LogP contribution in [0.15, 0.2) is 45.3 Å². The van der Waals surface area contributed by atoms with E-state index in [4.69, 9.17) is 10.4 Å². The Labute approximate surface area is 132 Å². The summed E-state index contributed by atoms with van der Waals surface area (Å²) >= 11 is 6.50. The van der Waals surface area contributed by atoms with Gasteiger partial charge in [-0.2, -0.15) is 5.26 Å². The number of carboxylic acid groups (broad SMARTS) is 1. The molecule has 0 saturated heterocycles. The zero-order valence-corrected chi connectivity index (χ0v) is 13.2. The number of halogens is 2. The van der Waals surface area contributed by atoms with Gasteiger partial charge in [-0.15, -0.1) is 0 Å². The Kier molecular flexibility index (Phi) is 4.42. The molecule has 0 aliphatic heterocycles. The van der Waals surface area contributed by atoms with Gasteiger partial charge in [-0.1, -0.05) is 0 Å². The van der Waals surface area contributed by atoms with Gasteiger partial charge in [0.05, 0.1) is 11.1 Å². The molecule has 2 aromatic rings. The van der Waals surface area contributed by atoms with Gasteiger partial charge in [0.25, 0.3) is 0 Å². The van der Waals surface area contributed by atoms with E-state index in [-0.39, 0.29) is 5.56 Å². The molecule has 0 saturated carbocycles.